The molecule has 14 heteroatoms. The van der Waals surface area contributed by atoms with E-state index in [0.717, 1.165) is 42.4 Å². The standard InChI is InChI=1S/C29H33F7N4O3/c1-17(2)40(22-8-6-21(30)7-9-22)27(42)43-26-23(11-20(28(31,32)33)12-24(26)29(34,35)36)19(13-37)15-38-14-18-5-4-10-39(3)16-25(18)41/h6-9,11-13,15,17-18,25,41H,4-5,10,14,16,37H2,1-3H3/b19-13+,38-15?. The lowest BCUT2D eigenvalue weighted by atomic mass is 9.97. The number of carbonyl (C=O) groups excluding carboxylic acids is 1. The first kappa shape index (κ1) is 33.8. The maximum atomic E-state index is 14.2. The molecule has 3 N–H and O–H groups in total. The molecule has 236 valence electrons. The number of β-amino-alcohol motifs (C(OH)–C–C–N with tert-alkyl or cyclic N) is 1. The average molecular weight is 619 g/mol. The average Bonchev–Trinajstić information content (AvgIpc) is 3.05. The lowest BCUT2D eigenvalue weighted by Gasteiger charge is -2.27. The lowest BCUT2D eigenvalue weighted by Crippen LogP contribution is -2.39. The van der Waals surface area contributed by atoms with Gasteiger partial charge in [-0.25, -0.2) is 9.18 Å². The number of amides is 1. The number of ether oxygens (including phenoxy) is 1. The highest BCUT2D eigenvalue weighted by atomic mass is 19.4. The van der Waals surface area contributed by atoms with Crippen molar-refractivity contribution >= 4 is 23.6 Å². The van der Waals surface area contributed by atoms with Gasteiger partial charge in [-0.2, -0.15) is 26.3 Å². The molecular formula is C29H33F7N4O3. The number of carbonyl (C=O) groups is 1. The fourth-order valence-corrected chi connectivity index (χ4v) is 4.76. The maximum absolute atomic E-state index is 14.2. The van der Waals surface area contributed by atoms with Crippen molar-refractivity contribution in [3.63, 3.8) is 0 Å². The highest BCUT2D eigenvalue weighted by molar-refractivity contribution is 6.11. The molecule has 2 atom stereocenters. The molecule has 0 bridgehead atoms. The number of likely N-dealkylation sites (tertiary alicyclic amines) is 1. The summed E-state index contributed by atoms with van der Waals surface area (Å²) in [6.45, 7) is 4.18. The Kier molecular flexibility index (Phi) is 10.8. The van der Waals surface area contributed by atoms with Crippen LogP contribution in [-0.2, 0) is 12.4 Å². The number of nitrogens with two attached hydrogens (primary N) is 1. The Bertz CT molecular complexity index is 1330. The van der Waals surface area contributed by atoms with Crippen LogP contribution in [0.2, 0.25) is 0 Å². The predicted octanol–water partition coefficient (Wildman–Crippen LogP) is 6.35. The lowest BCUT2D eigenvalue weighted by molar-refractivity contribution is -0.143. The molecule has 1 aliphatic rings. The molecule has 1 fully saturated rings. The Labute approximate surface area is 244 Å². The largest absolute Gasteiger partial charge is 0.420 e. The summed E-state index contributed by atoms with van der Waals surface area (Å²) in [7, 11) is 1.84. The number of aliphatic imine (C=N–C) groups is 1. The summed E-state index contributed by atoms with van der Waals surface area (Å²) in [6, 6.07) is 4.00. The van der Waals surface area contributed by atoms with E-state index in [-0.39, 0.29) is 29.8 Å². The van der Waals surface area contributed by atoms with E-state index < -0.39 is 58.8 Å². The van der Waals surface area contributed by atoms with Crippen LogP contribution < -0.4 is 15.4 Å². The normalized spacial score (nSPS) is 19.1. The molecular weight excluding hydrogens is 585 g/mol. The first-order chi connectivity index (χ1) is 20.0. The highest BCUT2D eigenvalue weighted by Gasteiger charge is 2.42. The summed E-state index contributed by atoms with van der Waals surface area (Å²) < 4.78 is 103. The molecule has 1 heterocycles. The topological polar surface area (TPSA) is 91.4 Å². The summed E-state index contributed by atoms with van der Waals surface area (Å²) in [4.78, 5) is 20.3. The van der Waals surface area contributed by atoms with E-state index in [9.17, 15) is 40.6 Å². The van der Waals surface area contributed by atoms with Gasteiger partial charge in [-0.1, -0.05) is 0 Å². The van der Waals surface area contributed by atoms with Crippen molar-refractivity contribution in [3.05, 3.63) is 65.1 Å². The number of halogens is 7. The second-order valence-corrected chi connectivity index (χ2v) is 10.6. The van der Waals surface area contributed by atoms with Gasteiger partial charge in [0.1, 0.15) is 5.82 Å². The zero-order valence-electron chi connectivity index (χ0n) is 23.7. The van der Waals surface area contributed by atoms with E-state index in [1.807, 2.05) is 11.9 Å². The minimum atomic E-state index is -5.38. The van der Waals surface area contributed by atoms with Gasteiger partial charge in [-0.15, -0.1) is 0 Å². The monoisotopic (exact) mass is 618 g/mol. The molecule has 0 radical (unpaired) electrons. The molecule has 3 rings (SSSR count). The quantitative estimate of drug-likeness (QED) is 0.279. The Balaban J connectivity index is 2.10. The van der Waals surface area contributed by atoms with Crippen molar-refractivity contribution in [1.82, 2.24) is 4.90 Å². The number of allylic oxidation sites excluding steroid dienone is 1. The number of anilines is 1. The van der Waals surface area contributed by atoms with Crippen LogP contribution in [0.25, 0.3) is 5.57 Å². The number of hydrogen-bond acceptors (Lipinski definition) is 6. The van der Waals surface area contributed by atoms with Gasteiger partial charge < -0.3 is 20.5 Å². The van der Waals surface area contributed by atoms with Crippen molar-refractivity contribution in [1.29, 1.82) is 0 Å². The molecule has 2 aromatic carbocycles. The van der Waals surface area contributed by atoms with Gasteiger partial charge in [0.15, 0.2) is 5.75 Å². The van der Waals surface area contributed by atoms with Crippen molar-refractivity contribution in [2.75, 3.05) is 31.6 Å². The van der Waals surface area contributed by atoms with Crippen LogP contribution in [0, 0.1) is 11.7 Å². The van der Waals surface area contributed by atoms with Crippen molar-refractivity contribution in [2.45, 2.75) is 51.2 Å². The van der Waals surface area contributed by atoms with Gasteiger partial charge in [-0.05, 0) is 76.7 Å². The highest BCUT2D eigenvalue weighted by Crippen LogP contribution is 2.44. The van der Waals surface area contributed by atoms with Gasteiger partial charge in [0.25, 0.3) is 0 Å². The summed E-state index contributed by atoms with van der Waals surface area (Å²) in [6.07, 6.45) is -9.56. The number of aliphatic hydroxyl groups excluding tert-OH is 1. The maximum Gasteiger partial charge on any atom is 0.420 e. The van der Waals surface area contributed by atoms with Crippen LogP contribution in [0.15, 0.2) is 47.6 Å². The molecule has 0 aliphatic carbocycles. The second-order valence-electron chi connectivity index (χ2n) is 10.6. The number of benzene rings is 2. The van der Waals surface area contributed by atoms with Crippen molar-refractivity contribution in [3.8, 4) is 5.75 Å². The molecule has 0 spiro atoms. The zero-order chi connectivity index (χ0) is 32.1. The van der Waals surface area contributed by atoms with E-state index in [1.165, 1.54) is 26.0 Å². The Hall–Kier alpha value is -3.65. The third-order valence-corrected chi connectivity index (χ3v) is 6.95. The Morgan fingerprint density at radius 2 is 1.81 bits per heavy atom. The summed E-state index contributed by atoms with van der Waals surface area (Å²) in [5.74, 6) is -2.15. The molecule has 43 heavy (non-hydrogen) atoms. The van der Waals surface area contributed by atoms with Crippen LogP contribution >= 0.6 is 0 Å². The summed E-state index contributed by atoms with van der Waals surface area (Å²) in [5, 5.41) is 10.5. The summed E-state index contributed by atoms with van der Waals surface area (Å²) in [5.41, 5.74) is 1.09. The van der Waals surface area contributed by atoms with Crippen LogP contribution in [0.4, 0.5) is 41.2 Å². The molecule has 1 saturated heterocycles. The van der Waals surface area contributed by atoms with E-state index >= 15 is 0 Å². The van der Waals surface area contributed by atoms with Crippen molar-refractivity contribution in [2.24, 2.45) is 16.6 Å². The predicted molar refractivity (Wildman–Crippen MR) is 148 cm³/mol. The molecule has 0 aromatic heterocycles. The minimum Gasteiger partial charge on any atom is -0.409 e. The number of rotatable bonds is 7. The van der Waals surface area contributed by atoms with E-state index in [0.29, 0.717) is 19.0 Å². The number of aliphatic hydroxyl groups is 1. The number of nitrogens with zero attached hydrogens (tertiary/aromatic N) is 3. The van der Waals surface area contributed by atoms with Crippen LogP contribution in [0.1, 0.15) is 43.4 Å². The van der Waals surface area contributed by atoms with Crippen LogP contribution in [-0.4, -0.2) is 61.1 Å². The number of hydrogen-bond donors (Lipinski definition) is 2. The fourth-order valence-electron chi connectivity index (χ4n) is 4.76. The van der Waals surface area contributed by atoms with Gasteiger partial charge in [0.05, 0.1) is 17.2 Å². The molecule has 2 aromatic rings. The third kappa shape index (κ3) is 8.69. The zero-order valence-corrected chi connectivity index (χ0v) is 23.7. The minimum absolute atomic E-state index is 0.0260. The number of likely N-dealkylation sites (N-methyl/N-ethyl adjacent to an activating group) is 1. The van der Waals surface area contributed by atoms with Gasteiger partial charge in [0, 0.05) is 54.3 Å². The van der Waals surface area contributed by atoms with E-state index in [2.05, 4.69) is 4.99 Å². The van der Waals surface area contributed by atoms with Gasteiger partial charge in [-0.3, -0.25) is 9.89 Å². The Morgan fingerprint density at radius 3 is 2.37 bits per heavy atom. The first-order valence-electron chi connectivity index (χ1n) is 13.4. The molecule has 1 aliphatic heterocycles. The molecule has 7 nitrogen and oxygen atoms in total. The second kappa shape index (κ2) is 13.8. The fraction of sp³-hybridized carbons (Fsp3) is 0.448. The summed E-state index contributed by atoms with van der Waals surface area (Å²) >= 11 is 0. The Morgan fingerprint density at radius 1 is 1.16 bits per heavy atom. The van der Waals surface area contributed by atoms with Crippen LogP contribution in [0.3, 0.4) is 0 Å². The SMILES string of the molecule is CC(C)N(C(=O)Oc1c(/C(C=NCC2CCCN(C)CC2O)=C/N)cc(C(F)(F)F)cc1C(F)(F)F)c1ccc(F)cc1. The third-order valence-electron chi connectivity index (χ3n) is 6.95. The van der Waals surface area contributed by atoms with E-state index in [1.54, 1.807) is 0 Å². The van der Waals surface area contributed by atoms with Gasteiger partial charge >= 0.3 is 18.4 Å². The smallest absolute Gasteiger partial charge is 0.409 e. The van der Waals surface area contributed by atoms with Gasteiger partial charge in [0.2, 0.25) is 0 Å². The van der Waals surface area contributed by atoms with Crippen LogP contribution in [0.5, 0.6) is 5.75 Å². The molecule has 1 amide bonds. The first-order valence-corrected chi connectivity index (χ1v) is 13.4. The number of alkyl halides is 6. The van der Waals surface area contributed by atoms with Crippen molar-refractivity contribution < 1.29 is 45.4 Å². The van der Waals surface area contributed by atoms with E-state index in [4.69, 9.17) is 10.5 Å². The molecule has 2 unspecified atom stereocenters. The molecule has 0 saturated carbocycles.